The van der Waals surface area contributed by atoms with E-state index in [2.05, 4.69) is 4.98 Å². The van der Waals surface area contributed by atoms with Crippen molar-refractivity contribution in [2.75, 3.05) is 30.9 Å². The third-order valence-corrected chi connectivity index (χ3v) is 3.66. The highest BCUT2D eigenvalue weighted by molar-refractivity contribution is 5.98. The molecule has 0 bridgehead atoms. The number of ether oxygens (including phenoxy) is 1. The van der Waals surface area contributed by atoms with Gasteiger partial charge in [-0.25, -0.2) is 4.39 Å². The Labute approximate surface area is 111 Å². The van der Waals surface area contributed by atoms with Gasteiger partial charge in [-0.3, -0.25) is 4.98 Å². The summed E-state index contributed by atoms with van der Waals surface area (Å²) in [6.45, 7) is 1.34. The first-order valence-corrected chi connectivity index (χ1v) is 6.32. The predicted octanol–water partition coefficient (Wildman–Crippen LogP) is 2.18. The number of benzene rings is 1. The van der Waals surface area contributed by atoms with Crippen LogP contribution in [-0.2, 0) is 4.74 Å². The molecule has 1 aromatic heterocycles. The van der Waals surface area contributed by atoms with Gasteiger partial charge in [0.15, 0.2) is 5.82 Å². The normalized spacial score (nSPS) is 18.9. The molecule has 4 nitrogen and oxygen atoms in total. The molecule has 0 radical (unpaired) electrons. The molecular formula is C14H16FN3O. The number of likely N-dealkylation sites (N-methyl/N-ethyl adjacent to an activating group) is 1. The number of nitrogen functional groups attached to an aromatic ring is 1. The highest BCUT2D eigenvalue weighted by Crippen LogP contribution is 2.33. The van der Waals surface area contributed by atoms with Gasteiger partial charge in [-0.05, 0) is 24.6 Å². The van der Waals surface area contributed by atoms with Crippen LogP contribution in [0.4, 0.5) is 15.8 Å². The second-order valence-electron chi connectivity index (χ2n) is 4.82. The second kappa shape index (κ2) is 4.66. The fourth-order valence-electron chi connectivity index (χ4n) is 2.57. The molecule has 0 spiro atoms. The van der Waals surface area contributed by atoms with Crippen LogP contribution in [0.1, 0.15) is 6.42 Å². The molecule has 1 aliphatic heterocycles. The predicted molar refractivity (Wildman–Crippen MR) is 73.7 cm³/mol. The highest BCUT2D eigenvalue weighted by atomic mass is 19.1. The van der Waals surface area contributed by atoms with Gasteiger partial charge in [0.2, 0.25) is 0 Å². The van der Waals surface area contributed by atoms with Gasteiger partial charge in [-0.15, -0.1) is 0 Å². The van der Waals surface area contributed by atoms with Crippen LogP contribution in [0.5, 0.6) is 0 Å². The molecule has 2 N–H and O–H groups in total. The van der Waals surface area contributed by atoms with Crippen LogP contribution in [0.2, 0.25) is 0 Å². The van der Waals surface area contributed by atoms with Crippen LogP contribution >= 0.6 is 0 Å². The van der Waals surface area contributed by atoms with Gasteiger partial charge >= 0.3 is 0 Å². The molecule has 0 amide bonds. The summed E-state index contributed by atoms with van der Waals surface area (Å²) in [7, 11) is 1.88. The van der Waals surface area contributed by atoms with Gasteiger partial charge in [0.05, 0.1) is 23.9 Å². The Morgan fingerprint density at radius 2 is 2.37 bits per heavy atom. The number of hydrogen-bond acceptors (Lipinski definition) is 4. The number of halogens is 1. The summed E-state index contributed by atoms with van der Waals surface area (Å²) in [4.78, 5) is 6.21. The SMILES string of the molecule is CN(c1c(F)cc(N)c2cccnc12)C1CCOC1. The van der Waals surface area contributed by atoms with Crippen LogP contribution < -0.4 is 10.6 Å². The molecular weight excluding hydrogens is 245 g/mol. The average molecular weight is 261 g/mol. The first-order valence-electron chi connectivity index (χ1n) is 6.32. The minimum atomic E-state index is -0.335. The van der Waals surface area contributed by atoms with Gasteiger partial charge < -0.3 is 15.4 Å². The summed E-state index contributed by atoms with van der Waals surface area (Å²) in [5.41, 5.74) is 7.38. The molecule has 1 aromatic carbocycles. The molecule has 1 saturated heterocycles. The smallest absolute Gasteiger partial charge is 0.150 e. The third-order valence-electron chi connectivity index (χ3n) is 3.66. The molecule has 19 heavy (non-hydrogen) atoms. The number of pyridine rings is 1. The van der Waals surface area contributed by atoms with Crippen molar-refractivity contribution in [3.63, 3.8) is 0 Å². The first-order chi connectivity index (χ1) is 9.18. The third kappa shape index (κ3) is 2.00. The van der Waals surface area contributed by atoms with E-state index in [-0.39, 0.29) is 11.9 Å². The maximum Gasteiger partial charge on any atom is 0.150 e. The number of anilines is 2. The van der Waals surface area contributed by atoms with Crippen LogP contribution in [0, 0.1) is 5.82 Å². The van der Waals surface area contributed by atoms with Crippen LogP contribution in [0.3, 0.4) is 0 Å². The summed E-state index contributed by atoms with van der Waals surface area (Å²) >= 11 is 0. The molecule has 2 aromatic rings. The fourth-order valence-corrected chi connectivity index (χ4v) is 2.57. The van der Waals surface area contributed by atoms with E-state index in [1.165, 1.54) is 6.07 Å². The van der Waals surface area contributed by atoms with Crippen molar-refractivity contribution in [2.45, 2.75) is 12.5 Å². The maximum atomic E-state index is 14.3. The van der Waals surface area contributed by atoms with E-state index >= 15 is 0 Å². The van der Waals surface area contributed by atoms with E-state index in [9.17, 15) is 4.39 Å². The van der Waals surface area contributed by atoms with Gasteiger partial charge in [0, 0.05) is 30.9 Å². The quantitative estimate of drug-likeness (QED) is 0.842. The molecule has 1 fully saturated rings. The van der Waals surface area contributed by atoms with Crippen molar-refractivity contribution >= 4 is 22.3 Å². The molecule has 100 valence electrons. The summed E-state index contributed by atoms with van der Waals surface area (Å²) in [5.74, 6) is -0.335. The lowest BCUT2D eigenvalue weighted by atomic mass is 10.1. The first kappa shape index (κ1) is 12.2. The Hall–Kier alpha value is -1.88. The molecule has 0 aliphatic carbocycles. The van der Waals surface area contributed by atoms with Crippen molar-refractivity contribution in [2.24, 2.45) is 0 Å². The number of rotatable bonds is 2. The van der Waals surface area contributed by atoms with Gasteiger partial charge in [0.1, 0.15) is 0 Å². The van der Waals surface area contributed by atoms with Crippen LogP contribution in [-0.4, -0.2) is 31.3 Å². The van der Waals surface area contributed by atoms with E-state index < -0.39 is 0 Å². The molecule has 1 aliphatic rings. The van der Waals surface area contributed by atoms with Gasteiger partial charge in [-0.1, -0.05) is 0 Å². The molecule has 2 heterocycles. The number of aromatic nitrogens is 1. The van der Waals surface area contributed by atoms with Crippen LogP contribution in [0.15, 0.2) is 24.4 Å². The minimum Gasteiger partial charge on any atom is -0.398 e. The van der Waals surface area contributed by atoms with Crippen molar-refractivity contribution in [3.05, 3.63) is 30.2 Å². The zero-order chi connectivity index (χ0) is 13.4. The monoisotopic (exact) mass is 261 g/mol. The Bertz CT molecular complexity index is 611. The van der Waals surface area contributed by atoms with E-state index in [4.69, 9.17) is 10.5 Å². The molecule has 1 atom stereocenters. The average Bonchev–Trinajstić information content (AvgIpc) is 2.92. The lowest BCUT2D eigenvalue weighted by Crippen LogP contribution is -2.32. The molecule has 3 rings (SSSR count). The molecule has 5 heteroatoms. The standard InChI is InChI=1S/C14H16FN3O/c1-18(9-4-6-19-8-9)14-11(15)7-12(16)10-3-2-5-17-13(10)14/h2-3,5,7,9H,4,6,8,16H2,1H3. The lowest BCUT2D eigenvalue weighted by Gasteiger charge is -2.27. The molecule has 0 saturated carbocycles. The largest absolute Gasteiger partial charge is 0.398 e. The second-order valence-corrected chi connectivity index (χ2v) is 4.82. The fraction of sp³-hybridized carbons (Fsp3) is 0.357. The maximum absolute atomic E-state index is 14.3. The number of hydrogen-bond donors (Lipinski definition) is 1. The minimum absolute atomic E-state index is 0.184. The summed E-state index contributed by atoms with van der Waals surface area (Å²) in [6, 6.07) is 5.22. The Balaban J connectivity index is 2.16. The summed E-state index contributed by atoms with van der Waals surface area (Å²) < 4.78 is 19.6. The lowest BCUT2D eigenvalue weighted by molar-refractivity contribution is 0.193. The number of nitrogens with zero attached hydrogens (tertiary/aromatic N) is 2. The highest BCUT2D eigenvalue weighted by Gasteiger charge is 2.25. The number of nitrogens with two attached hydrogens (primary N) is 1. The Morgan fingerprint density at radius 3 is 3.11 bits per heavy atom. The Kier molecular flexibility index (Phi) is 2.98. The van der Waals surface area contributed by atoms with Gasteiger partial charge in [0.25, 0.3) is 0 Å². The zero-order valence-electron chi connectivity index (χ0n) is 10.8. The van der Waals surface area contributed by atoms with Crippen molar-refractivity contribution in [3.8, 4) is 0 Å². The van der Waals surface area contributed by atoms with Crippen molar-refractivity contribution < 1.29 is 9.13 Å². The van der Waals surface area contributed by atoms with Crippen molar-refractivity contribution in [1.29, 1.82) is 0 Å². The molecule has 1 unspecified atom stereocenters. The topological polar surface area (TPSA) is 51.4 Å². The van der Waals surface area contributed by atoms with E-state index in [0.29, 0.717) is 23.5 Å². The summed E-state index contributed by atoms with van der Waals surface area (Å²) in [5, 5.41) is 0.782. The van der Waals surface area contributed by atoms with E-state index in [1.54, 1.807) is 12.3 Å². The number of fused-ring (bicyclic) bond motifs is 1. The zero-order valence-corrected chi connectivity index (χ0v) is 10.8. The van der Waals surface area contributed by atoms with Crippen molar-refractivity contribution in [1.82, 2.24) is 4.98 Å². The Morgan fingerprint density at radius 1 is 1.53 bits per heavy atom. The van der Waals surface area contributed by atoms with Crippen LogP contribution in [0.25, 0.3) is 10.9 Å². The summed E-state index contributed by atoms with van der Waals surface area (Å²) in [6.07, 6.45) is 2.55. The van der Waals surface area contributed by atoms with Gasteiger partial charge in [-0.2, -0.15) is 0 Å². The van der Waals surface area contributed by atoms with E-state index in [0.717, 1.165) is 18.4 Å². The van der Waals surface area contributed by atoms with E-state index in [1.807, 2.05) is 18.0 Å².